The number of carbonyl (C=O) groups is 1. The molecular weight excluding hydrogens is 296 g/mol. The third-order valence-corrected chi connectivity index (χ3v) is 4.39. The highest BCUT2D eigenvalue weighted by Gasteiger charge is 2.18. The third-order valence-electron chi connectivity index (χ3n) is 3.71. The number of amides is 1. The number of aliphatic hydroxyl groups excluding tert-OH is 1. The Balaban J connectivity index is 2.16. The van der Waals surface area contributed by atoms with Crippen molar-refractivity contribution in [1.82, 2.24) is 10.3 Å². The molecule has 1 atom stereocenters. The molecule has 0 aliphatic rings. The topological polar surface area (TPSA) is 62.2 Å². The zero-order chi connectivity index (χ0) is 16.1. The Labute approximate surface area is 135 Å². The second-order valence-corrected chi connectivity index (χ2v) is 6.46. The number of nitrogens with one attached hydrogen (secondary N) is 1. The lowest BCUT2D eigenvalue weighted by molar-refractivity contribution is 0.0915. The van der Waals surface area contributed by atoms with Crippen LogP contribution in [0.25, 0.3) is 11.3 Å². The van der Waals surface area contributed by atoms with E-state index in [0.717, 1.165) is 11.3 Å². The van der Waals surface area contributed by atoms with Gasteiger partial charge in [-0.15, -0.1) is 0 Å². The number of carbonyl (C=O) groups excluding carboxylic acids is 1. The molecule has 0 bridgehead atoms. The van der Waals surface area contributed by atoms with Crippen molar-refractivity contribution in [3.05, 3.63) is 40.2 Å². The molecule has 1 amide bonds. The molecule has 0 spiro atoms. The maximum atomic E-state index is 12.4. The monoisotopic (exact) mass is 318 g/mol. The molecule has 2 aromatic rings. The number of hydrogen-bond acceptors (Lipinski definition) is 4. The summed E-state index contributed by atoms with van der Waals surface area (Å²) in [7, 11) is 0. The molecule has 2 N–H and O–H groups in total. The summed E-state index contributed by atoms with van der Waals surface area (Å²) in [5, 5.41) is 16.1. The van der Waals surface area contributed by atoms with Crippen LogP contribution in [0, 0.1) is 12.8 Å². The van der Waals surface area contributed by atoms with Gasteiger partial charge in [0.05, 0.1) is 17.0 Å². The minimum Gasteiger partial charge on any atom is -0.396 e. The molecular formula is C17H22N2O2S. The Bertz CT molecular complexity index is 624. The second kappa shape index (κ2) is 7.51. The van der Waals surface area contributed by atoms with E-state index < -0.39 is 0 Å². The summed E-state index contributed by atoms with van der Waals surface area (Å²) in [5.41, 5.74) is 3.25. The van der Waals surface area contributed by atoms with Crippen molar-refractivity contribution in [2.75, 3.05) is 6.61 Å². The summed E-state index contributed by atoms with van der Waals surface area (Å²) in [6.07, 6.45) is 0.558. The molecule has 2 heterocycles. The molecule has 1 unspecified atom stereocenters. The zero-order valence-corrected chi connectivity index (χ0v) is 14.0. The highest BCUT2D eigenvalue weighted by atomic mass is 32.1. The van der Waals surface area contributed by atoms with E-state index in [1.165, 1.54) is 0 Å². The average Bonchev–Trinajstić information content (AvgIpc) is 3.00. The number of aromatic nitrogens is 1. The molecule has 2 rings (SSSR count). The molecule has 22 heavy (non-hydrogen) atoms. The number of pyridine rings is 1. The van der Waals surface area contributed by atoms with Crippen LogP contribution < -0.4 is 5.32 Å². The highest BCUT2D eigenvalue weighted by molar-refractivity contribution is 7.08. The molecule has 0 aliphatic carbocycles. The largest absolute Gasteiger partial charge is 0.396 e. The van der Waals surface area contributed by atoms with Crippen molar-refractivity contribution in [2.24, 2.45) is 5.92 Å². The maximum absolute atomic E-state index is 12.4. The first-order chi connectivity index (χ1) is 10.5. The van der Waals surface area contributed by atoms with Crippen molar-refractivity contribution < 1.29 is 9.90 Å². The lowest BCUT2D eigenvalue weighted by Crippen LogP contribution is -2.39. The van der Waals surface area contributed by atoms with E-state index in [1.807, 2.05) is 49.7 Å². The van der Waals surface area contributed by atoms with Crippen molar-refractivity contribution >= 4 is 17.2 Å². The van der Waals surface area contributed by atoms with Crippen LogP contribution in [-0.2, 0) is 0 Å². The number of aliphatic hydroxyl groups is 1. The van der Waals surface area contributed by atoms with Crippen LogP contribution in [0.3, 0.4) is 0 Å². The van der Waals surface area contributed by atoms with Crippen molar-refractivity contribution in [3.8, 4) is 11.3 Å². The van der Waals surface area contributed by atoms with Gasteiger partial charge in [0.1, 0.15) is 0 Å². The maximum Gasteiger partial charge on any atom is 0.253 e. The summed E-state index contributed by atoms with van der Waals surface area (Å²) in [6, 6.07) is 5.68. The molecule has 0 aromatic carbocycles. The Kier molecular flexibility index (Phi) is 5.69. The fourth-order valence-corrected chi connectivity index (χ4v) is 2.98. The van der Waals surface area contributed by atoms with Gasteiger partial charge in [0, 0.05) is 23.6 Å². The number of thiophene rings is 1. The van der Waals surface area contributed by atoms with Gasteiger partial charge < -0.3 is 10.4 Å². The normalized spacial score (nSPS) is 12.4. The Morgan fingerprint density at radius 2 is 2.14 bits per heavy atom. The van der Waals surface area contributed by atoms with Crippen molar-refractivity contribution in [2.45, 2.75) is 33.2 Å². The van der Waals surface area contributed by atoms with E-state index in [0.29, 0.717) is 17.7 Å². The zero-order valence-electron chi connectivity index (χ0n) is 13.2. The number of aryl methyl sites for hydroxylation is 1. The summed E-state index contributed by atoms with van der Waals surface area (Å²) in [4.78, 5) is 17.0. The lowest BCUT2D eigenvalue weighted by atomic mass is 10.0. The number of nitrogens with zero attached hydrogens (tertiary/aromatic N) is 1. The fourth-order valence-electron chi connectivity index (χ4n) is 2.33. The summed E-state index contributed by atoms with van der Waals surface area (Å²) in [5.74, 6) is 0.142. The molecule has 118 valence electrons. The molecule has 0 radical (unpaired) electrons. The van der Waals surface area contributed by atoms with Gasteiger partial charge in [0.25, 0.3) is 5.91 Å². The predicted molar refractivity (Wildman–Crippen MR) is 90.1 cm³/mol. The van der Waals surface area contributed by atoms with E-state index in [9.17, 15) is 4.79 Å². The van der Waals surface area contributed by atoms with Crippen LogP contribution in [0.15, 0.2) is 29.0 Å². The SMILES string of the molecule is Cc1nc(-c2ccsc2)ccc1C(=O)NC(CCO)C(C)C. The minimum absolute atomic E-state index is 0.0338. The van der Waals surface area contributed by atoms with E-state index in [4.69, 9.17) is 5.11 Å². The predicted octanol–water partition coefficient (Wildman–Crippen LogP) is 3.26. The van der Waals surface area contributed by atoms with Gasteiger partial charge in [0.2, 0.25) is 0 Å². The van der Waals surface area contributed by atoms with Gasteiger partial charge in [-0.05, 0) is 42.8 Å². The van der Waals surface area contributed by atoms with Crippen LogP contribution in [0.1, 0.15) is 36.3 Å². The van der Waals surface area contributed by atoms with Crippen LogP contribution in [0.4, 0.5) is 0 Å². The van der Waals surface area contributed by atoms with Crippen LogP contribution in [-0.4, -0.2) is 28.6 Å². The fraction of sp³-hybridized carbons (Fsp3) is 0.412. The van der Waals surface area contributed by atoms with Crippen LogP contribution in [0.5, 0.6) is 0 Å². The van der Waals surface area contributed by atoms with E-state index in [2.05, 4.69) is 10.3 Å². The van der Waals surface area contributed by atoms with Crippen LogP contribution in [0.2, 0.25) is 0 Å². The Morgan fingerprint density at radius 3 is 2.68 bits per heavy atom. The van der Waals surface area contributed by atoms with Gasteiger partial charge in [-0.2, -0.15) is 11.3 Å². The molecule has 4 nitrogen and oxygen atoms in total. The molecule has 0 aliphatic heterocycles. The van der Waals surface area contributed by atoms with Gasteiger partial charge in [-0.3, -0.25) is 9.78 Å². The highest BCUT2D eigenvalue weighted by Crippen LogP contribution is 2.21. The number of hydrogen-bond donors (Lipinski definition) is 2. The summed E-state index contributed by atoms with van der Waals surface area (Å²) >= 11 is 1.62. The standard InChI is InChI=1S/C17H22N2O2S/c1-11(2)15(6-8-20)19-17(21)14-4-5-16(18-12(14)3)13-7-9-22-10-13/h4-5,7,9-11,15,20H,6,8H2,1-3H3,(H,19,21). The first kappa shape index (κ1) is 16.6. The molecule has 0 fully saturated rings. The number of rotatable bonds is 6. The Hall–Kier alpha value is -1.72. The first-order valence-electron chi connectivity index (χ1n) is 7.45. The smallest absolute Gasteiger partial charge is 0.253 e. The lowest BCUT2D eigenvalue weighted by Gasteiger charge is -2.22. The van der Waals surface area contributed by atoms with Crippen molar-refractivity contribution in [3.63, 3.8) is 0 Å². The summed E-state index contributed by atoms with van der Waals surface area (Å²) < 4.78 is 0. The van der Waals surface area contributed by atoms with E-state index >= 15 is 0 Å². The van der Waals surface area contributed by atoms with Gasteiger partial charge in [-0.1, -0.05) is 13.8 Å². The molecule has 0 saturated heterocycles. The molecule has 2 aromatic heterocycles. The average molecular weight is 318 g/mol. The van der Waals surface area contributed by atoms with Crippen molar-refractivity contribution in [1.29, 1.82) is 0 Å². The van der Waals surface area contributed by atoms with E-state index in [1.54, 1.807) is 11.3 Å². The van der Waals surface area contributed by atoms with Gasteiger partial charge in [0.15, 0.2) is 0 Å². The second-order valence-electron chi connectivity index (χ2n) is 5.68. The third kappa shape index (κ3) is 3.93. The van der Waals surface area contributed by atoms with Crippen LogP contribution >= 0.6 is 11.3 Å². The molecule has 5 heteroatoms. The summed E-state index contributed by atoms with van der Waals surface area (Å²) in [6.45, 7) is 5.98. The minimum atomic E-state index is -0.131. The van der Waals surface area contributed by atoms with Gasteiger partial charge in [-0.25, -0.2) is 0 Å². The molecule has 0 saturated carbocycles. The quantitative estimate of drug-likeness (QED) is 0.859. The Morgan fingerprint density at radius 1 is 1.36 bits per heavy atom. The van der Waals surface area contributed by atoms with E-state index in [-0.39, 0.29) is 24.5 Å². The first-order valence-corrected chi connectivity index (χ1v) is 8.39. The van der Waals surface area contributed by atoms with Gasteiger partial charge >= 0.3 is 0 Å².